The van der Waals surface area contributed by atoms with Crippen molar-refractivity contribution in [3.8, 4) is 0 Å². The molecule has 1 unspecified atom stereocenters. The Bertz CT molecular complexity index is 2710. The molecule has 0 saturated carbocycles. The minimum atomic E-state index is -2.90. The van der Waals surface area contributed by atoms with Crippen LogP contribution in [0.25, 0.3) is 33.1 Å². The zero-order valence-corrected chi connectivity index (χ0v) is 28.8. The van der Waals surface area contributed by atoms with Gasteiger partial charge in [-0.25, -0.2) is 14.4 Å². The number of nitrogens with zero attached hydrogens (tertiary/aromatic N) is 6. The Labute approximate surface area is 303 Å². The number of amides is 1. The summed E-state index contributed by atoms with van der Waals surface area (Å²) in [4.78, 5) is 49.6. The van der Waals surface area contributed by atoms with Gasteiger partial charge in [0.25, 0.3) is 17.0 Å². The molecule has 0 bridgehead atoms. The summed E-state index contributed by atoms with van der Waals surface area (Å²) >= 11 is 3.67. The summed E-state index contributed by atoms with van der Waals surface area (Å²) in [5.41, 5.74) is 5.71. The third kappa shape index (κ3) is 4.90. The van der Waals surface area contributed by atoms with E-state index in [2.05, 4.69) is 15.3 Å². The quantitative estimate of drug-likeness (QED) is 0.227. The number of fused-ring (bicyclic) bond motifs is 6. The number of primary amides is 1. The van der Waals surface area contributed by atoms with Crippen LogP contribution in [0, 0.1) is 27.1 Å². The molecule has 0 spiro atoms. The topological polar surface area (TPSA) is 134 Å². The maximum absolute atomic E-state index is 14.3. The van der Waals surface area contributed by atoms with Crippen molar-refractivity contribution in [1.82, 2.24) is 27.9 Å². The smallest absolute Gasteiger partial charge is 0.261 e. The van der Waals surface area contributed by atoms with E-state index in [9.17, 15) is 20.1 Å². The van der Waals surface area contributed by atoms with Crippen LogP contribution in [-0.4, -0.2) is 40.3 Å². The fourth-order valence-corrected chi connectivity index (χ4v) is 7.37. The lowest BCUT2D eigenvalue weighted by atomic mass is 9.86. The molecule has 3 N–H and O–H groups in total. The third-order valence-electron chi connectivity index (χ3n) is 8.06. The number of carbonyl (C=O) groups excluding carboxylic acids is 1. The lowest BCUT2D eigenvalue weighted by Crippen LogP contribution is -2.24. The molecular formula is C33H27FI2N8O3. The highest BCUT2D eigenvalue weighted by Crippen LogP contribution is 2.37. The Kier molecular flexibility index (Phi) is 5.82. The van der Waals surface area contributed by atoms with E-state index in [1.807, 2.05) is 45.2 Å². The van der Waals surface area contributed by atoms with Crippen molar-refractivity contribution in [3.05, 3.63) is 117 Å². The first-order valence-corrected chi connectivity index (χ1v) is 16.1. The van der Waals surface area contributed by atoms with Crippen LogP contribution >= 0.6 is 45.2 Å². The van der Waals surface area contributed by atoms with Crippen molar-refractivity contribution in [3.63, 3.8) is 0 Å². The van der Waals surface area contributed by atoms with Crippen molar-refractivity contribution >= 4 is 89.9 Å². The fraction of sp³-hybridized carbons (Fsp3) is 0.182. The maximum Gasteiger partial charge on any atom is 0.261 e. The van der Waals surface area contributed by atoms with Crippen molar-refractivity contribution < 1.29 is 18.8 Å². The van der Waals surface area contributed by atoms with E-state index in [4.69, 9.17) is 14.0 Å². The monoisotopic (exact) mass is 863 g/mol. The van der Waals surface area contributed by atoms with Crippen molar-refractivity contribution in [1.29, 1.82) is 0 Å². The van der Waals surface area contributed by atoms with Crippen LogP contribution in [0.1, 0.15) is 48.1 Å². The Balaban J connectivity index is 1.68. The predicted octanol–water partition coefficient (Wildman–Crippen LogP) is 4.99. The van der Waals surface area contributed by atoms with Gasteiger partial charge in [0.15, 0.2) is 11.3 Å². The number of hydrogen-bond donors (Lipinski definition) is 2. The van der Waals surface area contributed by atoms with Gasteiger partial charge in [0.1, 0.15) is 25.9 Å². The van der Waals surface area contributed by atoms with Crippen molar-refractivity contribution in [2.45, 2.75) is 19.8 Å². The van der Waals surface area contributed by atoms with Crippen LogP contribution < -0.4 is 22.2 Å². The number of nitrogens with one attached hydrogen (secondary N) is 1. The van der Waals surface area contributed by atoms with Crippen LogP contribution in [0.4, 0.5) is 10.1 Å². The second-order valence-electron chi connectivity index (χ2n) is 11.1. The zero-order valence-electron chi connectivity index (χ0n) is 31.5. The fourth-order valence-electron chi connectivity index (χ4n) is 6.12. The van der Waals surface area contributed by atoms with Crippen LogP contribution in [0.5, 0.6) is 0 Å². The number of aromatic nitrogens is 6. The number of carbonyl (C=O) groups is 1. The highest BCUT2D eigenvalue weighted by Gasteiger charge is 2.27. The van der Waals surface area contributed by atoms with Crippen molar-refractivity contribution in [2.75, 3.05) is 11.8 Å². The number of hydrogen-bond acceptors (Lipinski definition) is 6. The summed E-state index contributed by atoms with van der Waals surface area (Å²) in [5.74, 6) is -2.91. The molecule has 0 aliphatic carbocycles. The molecule has 0 fully saturated rings. The number of rotatable bonds is 6. The van der Waals surface area contributed by atoms with E-state index in [0.717, 1.165) is 12.1 Å². The number of halogens is 3. The minimum absolute atomic E-state index is 0.0109. The lowest BCUT2D eigenvalue weighted by molar-refractivity contribution is 0.100. The van der Waals surface area contributed by atoms with E-state index >= 15 is 0 Å². The predicted molar refractivity (Wildman–Crippen MR) is 196 cm³/mol. The Morgan fingerprint density at radius 2 is 1.43 bits per heavy atom. The molecule has 1 amide bonds. The molecule has 1 atom stereocenters. The summed E-state index contributed by atoms with van der Waals surface area (Å²) < 4.78 is 78.3. The molecular weight excluding hydrogens is 829 g/mol. The number of benzene rings is 3. The van der Waals surface area contributed by atoms with E-state index < -0.39 is 49.2 Å². The molecule has 7 rings (SSSR count). The van der Waals surface area contributed by atoms with E-state index in [1.165, 1.54) is 39.7 Å². The second-order valence-corrected chi connectivity index (χ2v) is 13.1. The summed E-state index contributed by atoms with van der Waals surface area (Å²) in [6, 6.07) is 9.77. The molecule has 4 aromatic heterocycles. The molecule has 3 aromatic carbocycles. The highest BCUT2D eigenvalue weighted by atomic mass is 127. The summed E-state index contributed by atoms with van der Waals surface area (Å²) in [6.07, 6.45) is 2.74. The third-order valence-corrected chi connectivity index (χ3v) is 9.58. The van der Waals surface area contributed by atoms with Gasteiger partial charge in [0.2, 0.25) is 0 Å². The first-order valence-electron chi connectivity index (χ1n) is 17.5. The molecule has 47 heavy (non-hydrogen) atoms. The van der Waals surface area contributed by atoms with Gasteiger partial charge in [-0.1, -0.05) is 12.1 Å². The highest BCUT2D eigenvalue weighted by molar-refractivity contribution is 14.1. The van der Waals surface area contributed by atoms with Gasteiger partial charge in [-0.2, -0.15) is 0 Å². The average molecular weight is 863 g/mol. The van der Waals surface area contributed by atoms with Crippen LogP contribution in [0.3, 0.4) is 0 Å². The normalized spacial score (nSPS) is 15.3. The van der Waals surface area contributed by atoms with Crippen LogP contribution in [0.15, 0.2) is 64.7 Å². The average Bonchev–Trinajstić information content (AvgIpc) is 3.62. The molecule has 14 heteroatoms. The number of imidazole rings is 2. The molecule has 0 aliphatic rings. The molecule has 4 heterocycles. The summed E-state index contributed by atoms with van der Waals surface area (Å²) in [6.45, 7) is -3.92. The Morgan fingerprint density at radius 3 is 1.89 bits per heavy atom. The van der Waals surface area contributed by atoms with Gasteiger partial charge in [-0.15, -0.1) is 0 Å². The lowest BCUT2D eigenvalue weighted by Gasteiger charge is -2.25. The molecule has 0 radical (unpaired) electrons. The van der Waals surface area contributed by atoms with Gasteiger partial charge in [0, 0.05) is 40.3 Å². The standard InChI is InChI=1S/C33H27FI2N8O3/c1-15-7-18(25-21(9-15)32(46)41(3)30-27(35)39-13-43(25)30)23(12-38-24-6-5-17(34)11-20(24)29(37)45)19-8-16(2)10-22-26(19)44-14-40-28(36)31(44)42(4)33(22)47/h5-11,13-14,23,38H,12H2,1-4H3,(H2,37,45)/i3D3,4D3,12D. The van der Waals surface area contributed by atoms with Gasteiger partial charge < -0.3 is 11.1 Å². The van der Waals surface area contributed by atoms with E-state index in [-0.39, 0.29) is 51.8 Å². The maximum atomic E-state index is 14.3. The molecule has 11 nitrogen and oxygen atoms in total. The SMILES string of the molecule is [2H]C(Nc1ccc(F)cc1C(N)=O)C(c1cc(C)cc2c(=O)n(C([2H])([2H])[2H])c3c(I)ncn3c12)c1cc(C)cc2c(=O)n(C([2H])([2H])[2H])c3c(I)ncn3c12. The van der Waals surface area contributed by atoms with E-state index in [1.54, 1.807) is 26.0 Å². The molecule has 0 saturated heterocycles. The first kappa shape index (κ1) is 23.9. The Morgan fingerprint density at radius 1 is 0.915 bits per heavy atom. The Hall–Kier alpha value is -4.32. The second kappa shape index (κ2) is 11.4. The number of nitrogens with two attached hydrogens (primary N) is 1. The van der Waals surface area contributed by atoms with Gasteiger partial charge in [-0.3, -0.25) is 32.3 Å². The minimum Gasteiger partial charge on any atom is -0.383 e. The zero-order chi connectivity index (χ0) is 39.3. The van der Waals surface area contributed by atoms with Gasteiger partial charge >= 0.3 is 0 Å². The number of anilines is 1. The number of aryl methyl sites for hydroxylation is 4. The largest absolute Gasteiger partial charge is 0.383 e. The van der Waals surface area contributed by atoms with E-state index in [0.29, 0.717) is 31.4 Å². The van der Waals surface area contributed by atoms with Crippen molar-refractivity contribution in [2.24, 2.45) is 19.7 Å². The molecule has 238 valence electrons. The van der Waals surface area contributed by atoms with Crippen LogP contribution in [0.2, 0.25) is 0 Å². The summed E-state index contributed by atoms with van der Waals surface area (Å²) in [7, 11) is 0. The van der Waals surface area contributed by atoms with Gasteiger partial charge in [0.05, 0.1) is 28.7 Å². The van der Waals surface area contributed by atoms with Gasteiger partial charge in [-0.05, 0) is 112 Å². The molecule has 7 aromatic rings. The molecule has 0 aliphatic heterocycles. The summed E-state index contributed by atoms with van der Waals surface area (Å²) in [5, 5.41) is 2.97. The first-order chi connectivity index (χ1) is 25.2. The van der Waals surface area contributed by atoms with Crippen LogP contribution in [-0.2, 0) is 14.0 Å².